The largest absolute Gasteiger partial charge is 0.481 e. The van der Waals surface area contributed by atoms with Gasteiger partial charge in [-0.25, -0.2) is 0 Å². The molecule has 0 saturated heterocycles. The van der Waals surface area contributed by atoms with E-state index in [2.05, 4.69) is 15.5 Å². The number of furan rings is 1. The van der Waals surface area contributed by atoms with Gasteiger partial charge in [-0.1, -0.05) is 0 Å². The van der Waals surface area contributed by atoms with Gasteiger partial charge in [0.2, 0.25) is 5.88 Å². The molecule has 1 N–H and O–H groups in total. The van der Waals surface area contributed by atoms with Gasteiger partial charge in [0.1, 0.15) is 0 Å². The number of hydrogen-bond acceptors (Lipinski definition) is 5. The van der Waals surface area contributed by atoms with Crippen molar-refractivity contribution in [1.82, 2.24) is 20.2 Å². The Morgan fingerprint density at radius 3 is 3.13 bits per heavy atom. The molecule has 2 aromatic heterocycles. The number of aryl methyl sites for hydroxylation is 1. The monoisotopic (exact) mass is 208 g/mol. The molecule has 0 aromatic carbocycles. The summed E-state index contributed by atoms with van der Waals surface area (Å²) in [5.41, 5.74) is 0. The van der Waals surface area contributed by atoms with Crippen LogP contribution in [0, 0.1) is 0 Å². The lowest BCUT2D eigenvalue weighted by Gasteiger charge is -1.98. The molecule has 0 bridgehead atoms. The number of hydrogen-bond donors (Lipinski definition) is 1. The highest BCUT2D eigenvalue weighted by atomic mass is 16.4. The summed E-state index contributed by atoms with van der Waals surface area (Å²) in [5, 5.41) is 19.4. The van der Waals surface area contributed by atoms with Gasteiger partial charge >= 0.3 is 5.97 Å². The van der Waals surface area contributed by atoms with Crippen LogP contribution in [0.1, 0.15) is 12.2 Å². The Kier molecular flexibility index (Phi) is 2.44. The normalized spacial score (nSPS) is 10.4. The molecule has 0 spiro atoms. The number of carboxylic acid groups (broad SMARTS) is 1. The number of carboxylic acids is 1. The molecule has 0 aliphatic heterocycles. The molecule has 0 atom stereocenters. The van der Waals surface area contributed by atoms with Crippen molar-refractivity contribution in [3.8, 4) is 5.88 Å². The van der Waals surface area contributed by atoms with E-state index in [9.17, 15) is 4.79 Å². The van der Waals surface area contributed by atoms with Gasteiger partial charge in [-0.3, -0.25) is 4.79 Å². The first-order valence-electron chi connectivity index (χ1n) is 4.30. The average Bonchev–Trinajstić information content (AvgIpc) is 2.85. The molecule has 0 fully saturated rings. The lowest BCUT2D eigenvalue weighted by atomic mass is 10.3. The molecular weight excluding hydrogens is 200 g/mol. The highest BCUT2D eigenvalue weighted by Crippen LogP contribution is 2.09. The zero-order valence-electron chi connectivity index (χ0n) is 7.70. The quantitative estimate of drug-likeness (QED) is 0.775. The second-order valence-corrected chi connectivity index (χ2v) is 2.85. The lowest BCUT2D eigenvalue weighted by molar-refractivity contribution is -0.137. The third-order valence-corrected chi connectivity index (χ3v) is 1.81. The number of aromatic nitrogens is 4. The van der Waals surface area contributed by atoms with Crippen LogP contribution >= 0.6 is 0 Å². The first-order valence-corrected chi connectivity index (χ1v) is 4.30. The van der Waals surface area contributed by atoms with Crippen LogP contribution < -0.4 is 0 Å². The summed E-state index contributed by atoms with van der Waals surface area (Å²) in [6.07, 6.45) is 1.75. The van der Waals surface area contributed by atoms with Crippen LogP contribution in [0.3, 0.4) is 0 Å². The second-order valence-electron chi connectivity index (χ2n) is 2.85. The maximum absolute atomic E-state index is 10.4. The van der Waals surface area contributed by atoms with Crippen LogP contribution in [0.5, 0.6) is 0 Å². The Morgan fingerprint density at radius 1 is 1.60 bits per heavy atom. The molecule has 7 heteroatoms. The van der Waals surface area contributed by atoms with Crippen LogP contribution in [0.25, 0.3) is 5.88 Å². The van der Waals surface area contributed by atoms with Gasteiger partial charge in [-0.05, 0) is 16.5 Å². The number of carbonyl (C=O) groups is 1. The maximum atomic E-state index is 10.4. The molecule has 15 heavy (non-hydrogen) atoms. The van der Waals surface area contributed by atoms with E-state index >= 15 is 0 Å². The molecular formula is C8H8N4O3. The fraction of sp³-hybridized carbons (Fsp3) is 0.250. The Morgan fingerprint density at radius 2 is 2.47 bits per heavy atom. The predicted molar refractivity (Wildman–Crippen MR) is 47.4 cm³/mol. The van der Waals surface area contributed by atoms with Crippen molar-refractivity contribution < 1.29 is 14.3 Å². The van der Waals surface area contributed by atoms with Crippen molar-refractivity contribution in [2.75, 3.05) is 0 Å². The van der Waals surface area contributed by atoms with Crippen molar-refractivity contribution >= 4 is 5.97 Å². The fourth-order valence-corrected chi connectivity index (χ4v) is 1.14. The minimum absolute atomic E-state index is 0.0128. The Labute approximate surface area is 84.3 Å². The van der Waals surface area contributed by atoms with Crippen molar-refractivity contribution in [2.24, 2.45) is 0 Å². The molecule has 0 aliphatic carbocycles. The minimum Gasteiger partial charge on any atom is -0.481 e. The molecule has 0 amide bonds. The van der Waals surface area contributed by atoms with E-state index in [1.165, 1.54) is 10.9 Å². The first-order chi connectivity index (χ1) is 7.27. The standard InChI is InChI=1S/C8H8N4O3/c13-8(14)4-3-6-9-10-11-12(6)7-2-1-5-15-7/h1-2,5H,3-4H2,(H,13,14). The van der Waals surface area contributed by atoms with E-state index < -0.39 is 5.97 Å². The number of tetrazole rings is 1. The van der Waals surface area contributed by atoms with Gasteiger partial charge in [-0.2, -0.15) is 4.68 Å². The molecule has 2 rings (SSSR count). The molecule has 78 valence electrons. The van der Waals surface area contributed by atoms with Crippen molar-refractivity contribution in [1.29, 1.82) is 0 Å². The van der Waals surface area contributed by atoms with E-state index in [4.69, 9.17) is 9.52 Å². The predicted octanol–water partition coefficient (Wildman–Crippen LogP) is 0.272. The van der Waals surface area contributed by atoms with Gasteiger partial charge in [0.05, 0.1) is 12.7 Å². The topological polar surface area (TPSA) is 94.0 Å². The van der Waals surface area contributed by atoms with Gasteiger partial charge in [0, 0.05) is 12.5 Å². The molecule has 7 nitrogen and oxygen atoms in total. The maximum Gasteiger partial charge on any atom is 0.303 e. The lowest BCUT2D eigenvalue weighted by Crippen LogP contribution is -2.05. The minimum atomic E-state index is -0.885. The summed E-state index contributed by atoms with van der Waals surface area (Å²) in [7, 11) is 0. The molecule has 0 saturated carbocycles. The summed E-state index contributed by atoms with van der Waals surface area (Å²) < 4.78 is 6.48. The van der Waals surface area contributed by atoms with Crippen molar-refractivity contribution in [2.45, 2.75) is 12.8 Å². The zero-order chi connectivity index (χ0) is 10.7. The zero-order valence-corrected chi connectivity index (χ0v) is 7.70. The van der Waals surface area contributed by atoms with Gasteiger partial charge in [0.15, 0.2) is 5.82 Å². The third-order valence-electron chi connectivity index (χ3n) is 1.81. The smallest absolute Gasteiger partial charge is 0.303 e. The molecule has 0 aliphatic rings. The van der Waals surface area contributed by atoms with Gasteiger partial charge < -0.3 is 9.52 Å². The highest BCUT2D eigenvalue weighted by Gasteiger charge is 2.11. The van der Waals surface area contributed by atoms with E-state index in [1.54, 1.807) is 12.1 Å². The summed E-state index contributed by atoms with van der Waals surface area (Å²) in [6.45, 7) is 0. The van der Waals surface area contributed by atoms with Crippen LogP contribution in [-0.2, 0) is 11.2 Å². The fourth-order valence-electron chi connectivity index (χ4n) is 1.14. The van der Waals surface area contributed by atoms with Crippen LogP contribution in [0.4, 0.5) is 0 Å². The second kappa shape index (κ2) is 3.91. The van der Waals surface area contributed by atoms with Crippen molar-refractivity contribution in [3.05, 3.63) is 24.2 Å². The van der Waals surface area contributed by atoms with Crippen molar-refractivity contribution in [3.63, 3.8) is 0 Å². The molecule has 2 heterocycles. The number of rotatable bonds is 4. The summed E-state index contributed by atoms with van der Waals surface area (Å²) >= 11 is 0. The molecule has 0 unspecified atom stereocenters. The van der Waals surface area contributed by atoms with Crippen LogP contribution in [0.15, 0.2) is 22.8 Å². The number of nitrogens with zero attached hydrogens (tertiary/aromatic N) is 4. The van der Waals surface area contributed by atoms with Gasteiger partial charge in [0.25, 0.3) is 0 Å². The van der Waals surface area contributed by atoms with Gasteiger partial charge in [-0.15, -0.1) is 5.10 Å². The van der Waals surface area contributed by atoms with E-state index in [1.807, 2.05) is 0 Å². The average molecular weight is 208 g/mol. The highest BCUT2D eigenvalue weighted by molar-refractivity contribution is 5.66. The van der Waals surface area contributed by atoms with E-state index in [-0.39, 0.29) is 12.8 Å². The van der Waals surface area contributed by atoms with E-state index in [0.29, 0.717) is 11.7 Å². The SMILES string of the molecule is O=C(O)CCc1nnnn1-c1ccco1. The summed E-state index contributed by atoms with van der Waals surface area (Å²) in [5.74, 6) is 0.0525. The first kappa shape index (κ1) is 9.38. The summed E-state index contributed by atoms with van der Waals surface area (Å²) in [6, 6.07) is 3.40. The Hall–Kier alpha value is -2.18. The molecule has 0 radical (unpaired) electrons. The van der Waals surface area contributed by atoms with Crippen LogP contribution in [-0.4, -0.2) is 31.3 Å². The summed E-state index contributed by atoms with van der Waals surface area (Å²) in [4.78, 5) is 10.4. The van der Waals surface area contributed by atoms with E-state index in [0.717, 1.165) is 0 Å². The number of aliphatic carboxylic acids is 1. The van der Waals surface area contributed by atoms with Crippen LogP contribution in [0.2, 0.25) is 0 Å². The molecule has 2 aromatic rings. The Bertz CT molecular complexity index is 448. The third kappa shape index (κ3) is 2.01. The Balaban J connectivity index is 2.19.